The van der Waals surface area contributed by atoms with Gasteiger partial charge in [-0.15, -0.1) is 0 Å². The highest BCUT2D eigenvalue weighted by atomic mass is 35.5. The van der Waals surface area contributed by atoms with Crippen molar-refractivity contribution < 1.29 is 9.53 Å². The van der Waals surface area contributed by atoms with Gasteiger partial charge in [0.1, 0.15) is 5.75 Å². The molecule has 0 aliphatic heterocycles. The fourth-order valence-electron chi connectivity index (χ4n) is 1.39. The van der Waals surface area contributed by atoms with E-state index in [1.807, 2.05) is 13.0 Å². The van der Waals surface area contributed by atoms with E-state index in [1.165, 1.54) is 0 Å². The maximum Gasteiger partial charge on any atom is 0.224 e. The number of hydrogen-bond donors (Lipinski definition) is 2. The first-order chi connectivity index (χ1) is 8.17. The summed E-state index contributed by atoms with van der Waals surface area (Å²) in [5.41, 5.74) is 6.15. The van der Waals surface area contributed by atoms with Crippen molar-refractivity contribution >= 4 is 17.5 Å². The van der Waals surface area contributed by atoms with Crippen molar-refractivity contribution in [1.82, 2.24) is 5.32 Å². The monoisotopic (exact) mass is 256 g/mol. The summed E-state index contributed by atoms with van der Waals surface area (Å²) in [6.45, 7) is 3.39. The number of carbonyl (C=O) groups excluding carboxylic acids is 1. The van der Waals surface area contributed by atoms with E-state index < -0.39 is 0 Å². The van der Waals surface area contributed by atoms with Gasteiger partial charge < -0.3 is 15.8 Å². The average molecular weight is 257 g/mol. The number of rotatable bonds is 6. The molecule has 4 nitrogen and oxygen atoms in total. The molecule has 0 aliphatic carbocycles. The molecule has 1 rings (SSSR count). The van der Waals surface area contributed by atoms with Crippen LogP contribution in [0.1, 0.15) is 12.5 Å². The van der Waals surface area contributed by atoms with Crippen LogP contribution in [-0.2, 0) is 11.2 Å². The zero-order chi connectivity index (χ0) is 12.7. The maximum absolute atomic E-state index is 11.5. The number of nitrogens with one attached hydrogen (secondary N) is 1. The summed E-state index contributed by atoms with van der Waals surface area (Å²) in [6, 6.07) is 5.35. The second-order valence-corrected chi connectivity index (χ2v) is 3.92. The minimum absolute atomic E-state index is 0.0596. The Morgan fingerprint density at radius 3 is 2.88 bits per heavy atom. The van der Waals surface area contributed by atoms with Crippen LogP contribution in [0, 0.1) is 0 Å². The second kappa shape index (κ2) is 7.14. The summed E-state index contributed by atoms with van der Waals surface area (Å²) in [4.78, 5) is 11.5. The molecule has 0 atom stereocenters. The molecule has 0 fully saturated rings. The molecular formula is C12H17ClN2O2. The van der Waals surface area contributed by atoms with E-state index in [1.54, 1.807) is 12.1 Å². The summed E-state index contributed by atoms with van der Waals surface area (Å²) in [7, 11) is 0. The van der Waals surface area contributed by atoms with E-state index in [0.29, 0.717) is 36.9 Å². The Labute approximate surface area is 106 Å². The summed E-state index contributed by atoms with van der Waals surface area (Å²) in [5, 5.41) is 3.23. The Kier molecular flexibility index (Phi) is 5.80. The lowest BCUT2D eigenvalue weighted by molar-refractivity contribution is -0.120. The number of ether oxygens (including phenoxy) is 1. The van der Waals surface area contributed by atoms with Gasteiger partial charge in [0.05, 0.1) is 18.1 Å². The molecule has 0 aromatic heterocycles. The molecule has 5 heteroatoms. The predicted molar refractivity (Wildman–Crippen MR) is 68.4 cm³/mol. The molecule has 0 saturated heterocycles. The van der Waals surface area contributed by atoms with Crippen molar-refractivity contribution in [3.63, 3.8) is 0 Å². The predicted octanol–water partition coefficient (Wildman–Crippen LogP) is 1.36. The molecule has 0 heterocycles. The summed E-state index contributed by atoms with van der Waals surface area (Å²) in [6.07, 6.45) is 0.298. The van der Waals surface area contributed by atoms with E-state index in [0.717, 1.165) is 5.56 Å². The SMILES string of the molecule is CCOc1ccc(CC(=O)NCCN)cc1Cl. The molecule has 94 valence electrons. The normalized spacial score (nSPS) is 10.1. The molecule has 17 heavy (non-hydrogen) atoms. The van der Waals surface area contributed by atoms with Gasteiger partial charge in [-0.1, -0.05) is 17.7 Å². The van der Waals surface area contributed by atoms with Crippen LogP contribution in [0.5, 0.6) is 5.75 Å². The molecule has 1 aromatic rings. The van der Waals surface area contributed by atoms with E-state index in [2.05, 4.69) is 5.32 Å². The van der Waals surface area contributed by atoms with Crippen molar-refractivity contribution in [1.29, 1.82) is 0 Å². The first kappa shape index (κ1) is 13.8. The van der Waals surface area contributed by atoms with E-state index in [-0.39, 0.29) is 5.91 Å². The van der Waals surface area contributed by atoms with E-state index >= 15 is 0 Å². The van der Waals surface area contributed by atoms with Gasteiger partial charge in [-0.25, -0.2) is 0 Å². The zero-order valence-electron chi connectivity index (χ0n) is 9.83. The van der Waals surface area contributed by atoms with Crippen LogP contribution in [0.15, 0.2) is 18.2 Å². The lowest BCUT2D eigenvalue weighted by Crippen LogP contribution is -2.30. The van der Waals surface area contributed by atoms with Crippen LogP contribution in [0.25, 0.3) is 0 Å². The molecule has 0 spiro atoms. The maximum atomic E-state index is 11.5. The van der Waals surface area contributed by atoms with Crippen LogP contribution >= 0.6 is 11.6 Å². The highest BCUT2D eigenvalue weighted by Crippen LogP contribution is 2.25. The van der Waals surface area contributed by atoms with Crippen LogP contribution in [0.3, 0.4) is 0 Å². The Hall–Kier alpha value is -1.26. The standard InChI is InChI=1S/C12H17ClN2O2/c1-2-17-11-4-3-9(7-10(11)13)8-12(16)15-6-5-14/h3-4,7H,2,5-6,8,14H2,1H3,(H,15,16). The minimum Gasteiger partial charge on any atom is -0.492 e. The third-order valence-electron chi connectivity index (χ3n) is 2.13. The largest absolute Gasteiger partial charge is 0.492 e. The highest BCUT2D eigenvalue weighted by Gasteiger charge is 2.06. The third kappa shape index (κ3) is 4.63. The number of benzene rings is 1. The summed E-state index contributed by atoms with van der Waals surface area (Å²) >= 11 is 6.02. The number of halogens is 1. The lowest BCUT2D eigenvalue weighted by atomic mass is 10.1. The van der Waals surface area contributed by atoms with Gasteiger partial charge in [0, 0.05) is 13.1 Å². The van der Waals surface area contributed by atoms with Crippen molar-refractivity contribution in [3.8, 4) is 5.75 Å². The first-order valence-electron chi connectivity index (χ1n) is 5.55. The molecule has 0 bridgehead atoms. The van der Waals surface area contributed by atoms with E-state index in [9.17, 15) is 4.79 Å². The molecule has 0 saturated carbocycles. The number of carbonyl (C=O) groups is 1. The Morgan fingerprint density at radius 1 is 1.53 bits per heavy atom. The summed E-state index contributed by atoms with van der Waals surface area (Å²) in [5.74, 6) is 0.580. The van der Waals surface area contributed by atoms with Crippen molar-refractivity contribution in [2.75, 3.05) is 19.7 Å². The molecule has 1 aromatic carbocycles. The smallest absolute Gasteiger partial charge is 0.224 e. The summed E-state index contributed by atoms with van der Waals surface area (Å²) < 4.78 is 5.31. The van der Waals surface area contributed by atoms with Gasteiger partial charge in [0.25, 0.3) is 0 Å². The topological polar surface area (TPSA) is 64.3 Å². The van der Waals surface area contributed by atoms with Crippen molar-refractivity contribution in [3.05, 3.63) is 28.8 Å². The molecule has 3 N–H and O–H groups in total. The fourth-order valence-corrected chi connectivity index (χ4v) is 1.64. The average Bonchev–Trinajstić information content (AvgIpc) is 2.30. The molecule has 0 unspecified atom stereocenters. The fraction of sp³-hybridized carbons (Fsp3) is 0.417. The number of nitrogens with two attached hydrogens (primary N) is 1. The van der Waals surface area contributed by atoms with Gasteiger partial charge in [-0.05, 0) is 24.6 Å². The third-order valence-corrected chi connectivity index (χ3v) is 2.42. The Balaban J connectivity index is 2.60. The Morgan fingerprint density at radius 2 is 2.29 bits per heavy atom. The number of amides is 1. The van der Waals surface area contributed by atoms with Crippen LogP contribution in [0.2, 0.25) is 5.02 Å². The van der Waals surface area contributed by atoms with Crippen LogP contribution in [0.4, 0.5) is 0 Å². The van der Waals surface area contributed by atoms with Gasteiger partial charge >= 0.3 is 0 Å². The van der Waals surface area contributed by atoms with Gasteiger partial charge in [0.15, 0.2) is 0 Å². The highest BCUT2D eigenvalue weighted by molar-refractivity contribution is 6.32. The van der Waals surface area contributed by atoms with Crippen molar-refractivity contribution in [2.24, 2.45) is 5.73 Å². The lowest BCUT2D eigenvalue weighted by Gasteiger charge is -2.08. The Bertz CT molecular complexity index is 383. The van der Waals surface area contributed by atoms with E-state index in [4.69, 9.17) is 22.1 Å². The van der Waals surface area contributed by atoms with Gasteiger partial charge in [-0.3, -0.25) is 4.79 Å². The van der Waals surface area contributed by atoms with Crippen molar-refractivity contribution in [2.45, 2.75) is 13.3 Å². The number of hydrogen-bond acceptors (Lipinski definition) is 3. The zero-order valence-corrected chi connectivity index (χ0v) is 10.6. The quantitative estimate of drug-likeness (QED) is 0.808. The van der Waals surface area contributed by atoms with Gasteiger partial charge in [-0.2, -0.15) is 0 Å². The second-order valence-electron chi connectivity index (χ2n) is 3.51. The molecule has 0 radical (unpaired) electrons. The van der Waals surface area contributed by atoms with Crippen LogP contribution < -0.4 is 15.8 Å². The molecule has 0 aliphatic rings. The van der Waals surface area contributed by atoms with Gasteiger partial charge in [0.2, 0.25) is 5.91 Å². The minimum atomic E-state index is -0.0596. The molecular weight excluding hydrogens is 240 g/mol. The van der Waals surface area contributed by atoms with Crippen LogP contribution in [-0.4, -0.2) is 25.6 Å². The molecule has 1 amide bonds. The first-order valence-corrected chi connectivity index (χ1v) is 5.93.